The van der Waals surface area contributed by atoms with Crippen LogP contribution in [0.15, 0.2) is 53.1 Å². The summed E-state index contributed by atoms with van der Waals surface area (Å²) < 4.78 is 31.4. The van der Waals surface area contributed by atoms with Gasteiger partial charge in [-0.3, -0.25) is 9.69 Å². The van der Waals surface area contributed by atoms with E-state index in [0.717, 1.165) is 36.5 Å². The molecule has 6 nitrogen and oxygen atoms in total. The molecule has 9 heteroatoms. The second-order valence-corrected chi connectivity index (χ2v) is 9.17. The van der Waals surface area contributed by atoms with E-state index in [4.69, 9.17) is 4.52 Å². The summed E-state index contributed by atoms with van der Waals surface area (Å²) in [6, 6.07) is 12.4. The third-order valence-electron chi connectivity index (χ3n) is 5.53. The fourth-order valence-corrected chi connectivity index (χ4v) is 4.62. The molecule has 0 radical (unpaired) electrons. The van der Waals surface area contributed by atoms with Crippen LogP contribution in [0.5, 0.6) is 0 Å². The first-order chi connectivity index (χ1) is 16.1. The van der Waals surface area contributed by atoms with Crippen molar-refractivity contribution in [2.45, 2.75) is 25.1 Å². The van der Waals surface area contributed by atoms with Crippen molar-refractivity contribution in [3.63, 3.8) is 0 Å². The molecule has 1 aliphatic rings. The van der Waals surface area contributed by atoms with Gasteiger partial charge < -0.3 is 9.84 Å². The molecule has 1 amide bonds. The van der Waals surface area contributed by atoms with Crippen LogP contribution < -0.4 is 5.32 Å². The van der Waals surface area contributed by atoms with Crippen molar-refractivity contribution in [3.8, 4) is 11.4 Å². The number of amides is 1. The minimum Gasteiger partial charge on any atom is -0.355 e. The zero-order valence-corrected chi connectivity index (χ0v) is 19.0. The molecule has 174 valence electrons. The number of carbonyl (C=O) groups excluding carboxylic acids is 1. The minimum absolute atomic E-state index is 0.0691. The fourth-order valence-electron chi connectivity index (χ4n) is 3.80. The Labute approximate surface area is 195 Å². The summed E-state index contributed by atoms with van der Waals surface area (Å²) in [4.78, 5) is 19.2. The first kappa shape index (κ1) is 23.4. The van der Waals surface area contributed by atoms with Crippen LogP contribution in [0.3, 0.4) is 0 Å². The SMILES string of the molecule is O=C(NCCSCc1ccc(F)cc1)C1CCCN(Cc2nc(-c3ccc(F)cc3)no2)C1. The quantitative estimate of drug-likeness (QED) is 0.469. The van der Waals surface area contributed by atoms with Gasteiger partial charge in [-0.15, -0.1) is 0 Å². The number of carbonyl (C=O) groups is 1. The van der Waals surface area contributed by atoms with Crippen molar-refractivity contribution in [1.29, 1.82) is 0 Å². The van der Waals surface area contributed by atoms with E-state index in [1.807, 2.05) is 0 Å². The van der Waals surface area contributed by atoms with E-state index in [0.29, 0.717) is 36.9 Å². The van der Waals surface area contributed by atoms with Gasteiger partial charge >= 0.3 is 0 Å². The monoisotopic (exact) mass is 472 g/mol. The average Bonchev–Trinajstić information content (AvgIpc) is 3.29. The number of benzene rings is 2. The Morgan fingerprint density at radius 2 is 1.85 bits per heavy atom. The number of hydrogen-bond acceptors (Lipinski definition) is 6. The summed E-state index contributed by atoms with van der Waals surface area (Å²) in [6.45, 7) is 2.59. The molecule has 0 spiro atoms. The Balaban J connectivity index is 1.19. The molecule has 2 heterocycles. The summed E-state index contributed by atoms with van der Waals surface area (Å²) in [5.41, 5.74) is 1.76. The summed E-state index contributed by atoms with van der Waals surface area (Å²) in [7, 11) is 0. The van der Waals surface area contributed by atoms with Crippen molar-refractivity contribution >= 4 is 17.7 Å². The minimum atomic E-state index is -0.313. The molecular weight excluding hydrogens is 446 g/mol. The molecule has 0 saturated carbocycles. The highest BCUT2D eigenvalue weighted by Gasteiger charge is 2.26. The van der Waals surface area contributed by atoms with E-state index in [2.05, 4.69) is 20.4 Å². The molecule has 1 atom stereocenters. The van der Waals surface area contributed by atoms with E-state index in [-0.39, 0.29) is 23.5 Å². The highest BCUT2D eigenvalue weighted by atomic mass is 32.2. The molecule has 1 aromatic heterocycles. The number of likely N-dealkylation sites (tertiary alicyclic amines) is 1. The molecule has 1 saturated heterocycles. The molecular formula is C24H26F2N4O2S. The number of piperidine rings is 1. The van der Waals surface area contributed by atoms with Gasteiger partial charge in [0.15, 0.2) is 0 Å². The standard InChI is InChI=1S/C24H26F2N4O2S/c25-20-7-3-17(4-8-20)16-33-13-11-27-24(31)19-2-1-12-30(14-19)15-22-28-23(29-32-22)18-5-9-21(26)10-6-18/h3-10,19H,1-2,11-16H2,(H,27,31). The Bertz CT molecular complexity index is 1040. The lowest BCUT2D eigenvalue weighted by atomic mass is 9.97. The van der Waals surface area contributed by atoms with E-state index < -0.39 is 0 Å². The Hall–Kier alpha value is -2.78. The second-order valence-electron chi connectivity index (χ2n) is 8.06. The molecule has 33 heavy (non-hydrogen) atoms. The molecule has 3 aromatic rings. The summed E-state index contributed by atoms with van der Waals surface area (Å²) >= 11 is 1.71. The summed E-state index contributed by atoms with van der Waals surface area (Å²) in [5, 5.41) is 7.02. The normalized spacial score (nSPS) is 16.6. The smallest absolute Gasteiger partial charge is 0.241 e. The van der Waals surface area contributed by atoms with Crippen LogP contribution in [0.1, 0.15) is 24.3 Å². The lowest BCUT2D eigenvalue weighted by molar-refractivity contribution is -0.126. The van der Waals surface area contributed by atoms with Crippen molar-refractivity contribution in [2.24, 2.45) is 5.92 Å². The third kappa shape index (κ3) is 6.85. The number of rotatable bonds is 9. The largest absolute Gasteiger partial charge is 0.355 e. The van der Waals surface area contributed by atoms with Crippen LogP contribution in [0.2, 0.25) is 0 Å². The first-order valence-electron chi connectivity index (χ1n) is 11.0. The maximum absolute atomic E-state index is 13.1. The van der Waals surface area contributed by atoms with Gasteiger partial charge in [0, 0.05) is 30.2 Å². The number of thioether (sulfide) groups is 1. The fraction of sp³-hybridized carbons (Fsp3) is 0.375. The van der Waals surface area contributed by atoms with Crippen LogP contribution in [0.25, 0.3) is 11.4 Å². The topological polar surface area (TPSA) is 71.3 Å². The lowest BCUT2D eigenvalue weighted by Crippen LogP contribution is -2.43. The van der Waals surface area contributed by atoms with E-state index in [1.165, 1.54) is 24.3 Å². The molecule has 4 rings (SSSR count). The molecule has 0 bridgehead atoms. The Morgan fingerprint density at radius 3 is 2.61 bits per heavy atom. The predicted molar refractivity (Wildman–Crippen MR) is 123 cm³/mol. The van der Waals surface area contributed by atoms with Gasteiger partial charge in [-0.1, -0.05) is 17.3 Å². The third-order valence-corrected chi connectivity index (χ3v) is 6.56. The number of nitrogens with one attached hydrogen (secondary N) is 1. The molecule has 1 fully saturated rings. The van der Waals surface area contributed by atoms with Crippen LogP contribution in [0, 0.1) is 17.6 Å². The molecule has 1 unspecified atom stereocenters. The van der Waals surface area contributed by atoms with Gasteiger partial charge in [0.2, 0.25) is 17.6 Å². The van der Waals surface area contributed by atoms with Crippen molar-refractivity contribution in [1.82, 2.24) is 20.4 Å². The zero-order valence-electron chi connectivity index (χ0n) is 18.2. The van der Waals surface area contributed by atoms with Crippen LogP contribution in [-0.4, -0.2) is 46.3 Å². The molecule has 2 aromatic carbocycles. The summed E-state index contributed by atoms with van der Waals surface area (Å²) in [5.74, 6) is 1.95. The van der Waals surface area contributed by atoms with E-state index in [9.17, 15) is 13.6 Å². The van der Waals surface area contributed by atoms with Gasteiger partial charge in [-0.05, 0) is 61.3 Å². The van der Waals surface area contributed by atoms with Gasteiger partial charge in [0.1, 0.15) is 11.6 Å². The van der Waals surface area contributed by atoms with Crippen molar-refractivity contribution < 1.29 is 18.1 Å². The number of halogens is 2. The average molecular weight is 473 g/mol. The van der Waals surface area contributed by atoms with E-state index >= 15 is 0 Å². The number of hydrogen-bond donors (Lipinski definition) is 1. The van der Waals surface area contributed by atoms with Gasteiger partial charge in [0.05, 0.1) is 12.5 Å². The second kappa shape index (κ2) is 11.4. The maximum atomic E-state index is 13.1. The highest BCUT2D eigenvalue weighted by Crippen LogP contribution is 2.21. The Morgan fingerprint density at radius 1 is 1.12 bits per heavy atom. The lowest BCUT2D eigenvalue weighted by Gasteiger charge is -2.30. The Kier molecular flexibility index (Phi) is 8.06. The van der Waals surface area contributed by atoms with Crippen LogP contribution in [-0.2, 0) is 17.1 Å². The zero-order chi connectivity index (χ0) is 23.0. The van der Waals surface area contributed by atoms with Gasteiger partial charge in [-0.25, -0.2) is 8.78 Å². The summed E-state index contributed by atoms with van der Waals surface area (Å²) in [6.07, 6.45) is 1.78. The van der Waals surface area contributed by atoms with Crippen molar-refractivity contribution in [2.75, 3.05) is 25.4 Å². The number of aromatic nitrogens is 2. The molecule has 0 aliphatic carbocycles. The molecule has 1 aliphatic heterocycles. The van der Waals surface area contributed by atoms with Gasteiger partial charge in [-0.2, -0.15) is 16.7 Å². The van der Waals surface area contributed by atoms with E-state index in [1.54, 1.807) is 36.0 Å². The van der Waals surface area contributed by atoms with Crippen molar-refractivity contribution in [3.05, 3.63) is 71.6 Å². The number of nitrogens with zero attached hydrogens (tertiary/aromatic N) is 3. The van der Waals surface area contributed by atoms with Crippen LogP contribution in [0.4, 0.5) is 8.78 Å². The van der Waals surface area contributed by atoms with Crippen LogP contribution >= 0.6 is 11.8 Å². The predicted octanol–water partition coefficient (Wildman–Crippen LogP) is 4.28. The highest BCUT2D eigenvalue weighted by molar-refractivity contribution is 7.98. The molecule has 1 N–H and O–H groups in total. The van der Waals surface area contributed by atoms with Gasteiger partial charge in [0.25, 0.3) is 0 Å². The maximum Gasteiger partial charge on any atom is 0.241 e. The first-order valence-corrected chi connectivity index (χ1v) is 12.1.